The molecular weight excluding hydrogens is 467 g/mol. The minimum Gasteiger partial charge on any atom is -0.462 e. The number of fused-ring (bicyclic) bond motifs is 1. The van der Waals surface area contributed by atoms with E-state index in [0.29, 0.717) is 11.6 Å². The lowest BCUT2D eigenvalue weighted by Gasteiger charge is -2.13. The zero-order valence-corrected chi connectivity index (χ0v) is 19.5. The van der Waals surface area contributed by atoms with Gasteiger partial charge in [0, 0.05) is 34.2 Å². The van der Waals surface area contributed by atoms with Gasteiger partial charge >= 0.3 is 5.97 Å². The molecule has 9 heteroatoms. The second-order valence-electron chi connectivity index (χ2n) is 7.77. The summed E-state index contributed by atoms with van der Waals surface area (Å²) in [5, 5.41) is 0.680. The second kappa shape index (κ2) is 9.41. The number of hydrogen-bond acceptors (Lipinski definition) is 5. The van der Waals surface area contributed by atoms with E-state index in [0.717, 1.165) is 38.7 Å². The van der Waals surface area contributed by atoms with E-state index in [1.54, 1.807) is 26.0 Å². The Labute approximate surface area is 198 Å². The molecule has 3 aromatic rings. The molecule has 33 heavy (non-hydrogen) atoms. The zero-order chi connectivity index (χ0) is 23.7. The number of esters is 1. The molecule has 0 N–H and O–H groups in total. The fraction of sp³-hybridized carbons (Fsp3) is 0.208. The first kappa shape index (κ1) is 23.1. The van der Waals surface area contributed by atoms with Crippen LogP contribution in [0.25, 0.3) is 17.0 Å². The van der Waals surface area contributed by atoms with Crippen LogP contribution in [0.5, 0.6) is 0 Å². The molecule has 1 saturated heterocycles. The van der Waals surface area contributed by atoms with Gasteiger partial charge in [-0.2, -0.15) is 0 Å². The van der Waals surface area contributed by atoms with Crippen molar-refractivity contribution in [3.05, 3.63) is 75.5 Å². The van der Waals surface area contributed by atoms with Crippen molar-refractivity contribution < 1.29 is 23.5 Å². The van der Waals surface area contributed by atoms with Crippen LogP contribution in [0.4, 0.5) is 9.18 Å². The Morgan fingerprint density at radius 1 is 1.21 bits per heavy atom. The van der Waals surface area contributed by atoms with Crippen LogP contribution >= 0.6 is 23.4 Å². The smallest absolute Gasteiger partial charge is 0.326 e. The monoisotopic (exact) mass is 486 g/mol. The topological polar surface area (TPSA) is 68.6 Å². The highest BCUT2D eigenvalue weighted by atomic mass is 35.5. The summed E-state index contributed by atoms with van der Waals surface area (Å²) < 4.78 is 20.4. The van der Waals surface area contributed by atoms with Crippen molar-refractivity contribution in [3.63, 3.8) is 0 Å². The summed E-state index contributed by atoms with van der Waals surface area (Å²) in [5.74, 6) is -1.58. The van der Waals surface area contributed by atoms with E-state index in [2.05, 4.69) is 0 Å². The lowest BCUT2D eigenvalue weighted by Crippen LogP contribution is -2.35. The highest BCUT2D eigenvalue weighted by Gasteiger charge is 2.37. The minimum absolute atomic E-state index is 0.222. The number of aromatic nitrogens is 1. The maximum atomic E-state index is 13.4. The van der Waals surface area contributed by atoms with E-state index in [1.165, 1.54) is 12.1 Å². The number of ether oxygens (including phenoxy) is 1. The molecule has 0 saturated carbocycles. The van der Waals surface area contributed by atoms with Crippen LogP contribution in [-0.2, 0) is 20.9 Å². The van der Waals surface area contributed by atoms with Crippen LogP contribution in [0.15, 0.2) is 53.6 Å². The predicted molar refractivity (Wildman–Crippen MR) is 126 cm³/mol. The first-order valence-electron chi connectivity index (χ1n) is 10.2. The van der Waals surface area contributed by atoms with Gasteiger partial charge in [-0.25, -0.2) is 4.39 Å². The van der Waals surface area contributed by atoms with E-state index >= 15 is 0 Å². The molecule has 2 aromatic carbocycles. The summed E-state index contributed by atoms with van der Waals surface area (Å²) in [6, 6.07) is 11.9. The van der Waals surface area contributed by atoms with Gasteiger partial charge in [0.25, 0.3) is 11.1 Å². The van der Waals surface area contributed by atoms with E-state index < -0.39 is 29.5 Å². The van der Waals surface area contributed by atoms with Crippen molar-refractivity contribution >= 4 is 57.5 Å². The summed E-state index contributed by atoms with van der Waals surface area (Å²) in [5.41, 5.74) is 2.37. The van der Waals surface area contributed by atoms with Crippen LogP contribution < -0.4 is 0 Å². The number of carbonyl (C=O) groups excluding carboxylic acids is 3. The Hall–Kier alpha value is -3.10. The molecule has 2 amide bonds. The van der Waals surface area contributed by atoms with E-state index in [-0.39, 0.29) is 11.0 Å². The minimum atomic E-state index is -0.638. The summed E-state index contributed by atoms with van der Waals surface area (Å²) in [7, 11) is 0. The molecule has 0 radical (unpaired) electrons. The molecule has 1 aromatic heterocycles. The third-order valence-electron chi connectivity index (χ3n) is 4.99. The quantitative estimate of drug-likeness (QED) is 0.341. The van der Waals surface area contributed by atoms with Crippen molar-refractivity contribution in [3.8, 4) is 0 Å². The predicted octanol–water partition coefficient (Wildman–Crippen LogP) is 5.47. The Balaban J connectivity index is 1.64. The van der Waals surface area contributed by atoms with Crippen LogP contribution in [0.3, 0.4) is 0 Å². The molecule has 170 valence electrons. The van der Waals surface area contributed by atoms with E-state index in [1.807, 2.05) is 35.0 Å². The standard InChI is InChI=1S/C24H20ClFN2O4S/c1-14(2)32-22(29)13-28-23(30)21(33-24(28)31)9-16-12-27(20-6-4-3-5-18(16)20)11-15-7-8-17(26)10-19(15)25/h3-10,12,14H,11,13H2,1-2H3/b21-9-. The Morgan fingerprint density at radius 3 is 2.70 bits per heavy atom. The highest BCUT2D eigenvalue weighted by molar-refractivity contribution is 8.18. The third kappa shape index (κ3) is 4.96. The number of hydrogen-bond donors (Lipinski definition) is 0. The number of thioether (sulfide) groups is 1. The number of carbonyl (C=O) groups is 3. The SMILES string of the molecule is CC(C)OC(=O)CN1C(=O)S/C(=C\c2cn(Cc3ccc(F)cc3Cl)c3ccccc23)C1=O. The average molecular weight is 487 g/mol. The fourth-order valence-electron chi connectivity index (χ4n) is 3.56. The largest absolute Gasteiger partial charge is 0.462 e. The summed E-state index contributed by atoms with van der Waals surface area (Å²) in [6.07, 6.45) is 3.16. The number of benzene rings is 2. The van der Waals surface area contributed by atoms with Gasteiger partial charge in [-0.15, -0.1) is 0 Å². The molecule has 0 bridgehead atoms. The van der Waals surface area contributed by atoms with Crippen molar-refractivity contribution in [1.29, 1.82) is 0 Å². The van der Waals surface area contributed by atoms with Crippen LogP contribution in [0.1, 0.15) is 25.0 Å². The molecule has 2 heterocycles. The summed E-state index contributed by atoms with van der Waals surface area (Å²) in [4.78, 5) is 38.2. The maximum absolute atomic E-state index is 13.4. The van der Waals surface area contributed by atoms with Crippen molar-refractivity contribution in [2.24, 2.45) is 0 Å². The normalized spacial score (nSPS) is 15.3. The molecule has 6 nitrogen and oxygen atoms in total. The van der Waals surface area contributed by atoms with Gasteiger partial charge in [0.05, 0.1) is 11.0 Å². The van der Waals surface area contributed by atoms with Crippen LogP contribution in [-0.4, -0.2) is 39.2 Å². The van der Waals surface area contributed by atoms with Crippen LogP contribution in [0.2, 0.25) is 5.02 Å². The lowest BCUT2D eigenvalue weighted by molar-refractivity contribution is -0.149. The number of amides is 2. The highest BCUT2D eigenvalue weighted by Crippen LogP contribution is 2.34. The number of imide groups is 1. The Morgan fingerprint density at radius 2 is 1.97 bits per heavy atom. The molecular formula is C24H20ClFN2O4S. The van der Waals surface area contributed by atoms with Crippen molar-refractivity contribution in [1.82, 2.24) is 9.47 Å². The second-order valence-corrected chi connectivity index (χ2v) is 9.17. The molecule has 0 unspecified atom stereocenters. The lowest BCUT2D eigenvalue weighted by atomic mass is 10.1. The average Bonchev–Trinajstić information content (AvgIpc) is 3.22. The van der Waals surface area contributed by atoms with Gasteiger partial charge in [0.15, 0.2) is 0 Å². The number of rotatable bonds is 6. The molecule has 1 fully saturated rings. The Bertz CT molecular complexity index is 1300. The molecule has 0 spiro atoms. The van der Waals surface area contributed by atoms with Gasteiger partial charge in [0.2, 0.25) is 0 Å². The molecule has 4 rings (SSSR count). The first-order valence-corrected chi connectivity index (χ1v) is 11.4. The summed E-state index contributed by atoms with van der Waals surface area (Å²) >= 11 is 6.99. The van der Waals surface area contributed by atoms with Gasteiger partial charge in [-0.3, -0.25) is 19.3 Å². The van der Waals surface area contributed by atoms with E-state index in [9.17, 15) is 18.8 Å². The summed E-state index contributed by atoms with van der Waals surface area (Å²) in [6.45, 7) is 3.36. The molecule has 0 atom stereocenters. The number of para-hydroxylation sites is 1. The molecule has 0 aliphatic carbocycles. The van der Waals surface area contributed by atoms with Gasteiger partial charge in [0.1, 0.15) is 12.4 Å². The zero-order valence-electron chi connectivity index (χ0n) is 17.9. The Kier molecular flexibility index (Phi) is 6.58. The fourth-order valence-corrected chi connectivity index (χ4v) is 4.62. The number of halogens is 2. The van der Waals surface area contributed by atoms with E-state index in [4.69, 9.17) is 16.3 Å². The van der Waals surface area contributed by atoms with Gasteiger partial charge in [-0.1, -0.05) is 35.9 Å². The van der Waals surface area contributed by atoms with Crippen molar-refractivity contribution in [2.45, 2.75) is 26.5 Å². The van der Waals surface area contributed by atoms with Crippen molar-refractivity contribution in [2.75, 3.05) is 6.54 Å². The van der Waals surface area contributed by atoms with Crippen LogP contribution in [0, 0.1) is 5.82 Å². The first-order chi connectivity index (χ1) is 15.7. The number of nitrogens with zero attached hydrogens (tertiary/aromatic N) is 2. The third-order valence-corrected chi connectivity index (χ3v) is 6.25. The molecule has 1 aliphatic rings. The maximum Gasteiger partial charge on any atom is 0.326 e. The van der Waals surface area contributed by atoms with Gasteiger partial charge in [-0.05, 0) is 55.4 Å². The molecule has 1 aliphatic heterocycles. The van der Waals surface area contributed by atoms with Gasteiger partial charge < -0.3 is 9.30 Å².